The van der Waals surface area contributed by atoms with Gasteiger partial charge in [-0.05, 0) is 92.7 Å². The number of carbonyl (C=O) groups is 2. The number of hydrogen-bond acceptors (Lipinski definition) is 4. The average Bonchev–Trinajstić information content (AvgIpc) is 2.74. The van der Waals surface area contributed by atoms with Gasteiger partial charge in [-0.3, -0.25) is 9.59 Å². The van der Waals surface area contributed by atoms with Crippen molar-refractivity contribution in [3.8, 4) is 0 Å². The lowest BCUT2D eigenvalue weighted by Gasteiger charge is -2.01. The standard InChI is InChI=1S/C22H16I2N4O2/c23-19-5-1-3-17(11-19)21(29)27-25-13-15-7-9-16(10-8-15)14-26-28-22(30)18-4-2-6-20(24)12-18/h1-14H,(H,27,29)(H,28,30)/b25-13-,26-14-. The van der Waals surface area contributed by atoms with Crippen molar-refractivity contribution in [3.63, 3.8) is 0 Å². The quantitative estimate of drug-likeness (QED) is 0.243. The fraction of sp³-hybridized carbons (Fsp3) is 0. The van der Waals surface area contributed by atoms with Crippen LogP contribution in [0.5, 0.6) is 0 Å². The topological polar surface area (TPSA) is 82.9 Å². The van der Waals surface area contributed by atoms with Crippen LogP contribution in [0.2, 0.25) is 0 Å². The third-order valence-electron chi connectivity index (χ3n) is 3.87. The van der Waals surface area contributed by atoms with E-state index in [2.05, 4.69) is 66.2 Å². The average molecular weight is 622 g/mol. The van der Waals surface area contributed by atoms with E-state index >= 15 is 0 Å². The molecule has 3 aromatic carbocycles. The van der Waals surface area contributed by atoms with E-state index in [1.54, 1.807) is 36.7 Å². The zero-order valence-electron chi connectivity index (χ0n) is 15.5. The predicted molar refractivity (Wildman–Crippen MR) is 135 cm³/mol. The van der Waals surface area contributed by atoms with Crippen LogP contribution in [0.25, 0.3) is 0 Å². The molecular weight excluding hydrogens is 606 g/mol. The van der Waals surface area contributed by atoms with E-state index in [4.69, 9.17) is 0 Å². The Bertz CT molecular complexity index is 1020. The predicted octanol–water partition coefficient (Wildman–Crippen LogP) is 4.42. The summed E-state index contributed by atoms with van der Waals surface area (Å²) in [6, 6.07) is 21.9. The van der Waals surface area contributed by atoms with Gasteiger partial charge in [-0.1, -0.05) is 36.4 Å². The molecule has 0 spiro atoms. The van der Waals surface area contributed by atoms with Crippen molar-refractivity contribution in [2.24, 2.45) is 10.2 Å². The minimum Gasteiger partial charge on any atom is -0.267 e. The number of halogens is 2. The van der Waals surface area contributed by atoms with Crippen LogP contribution >= 0.6 is 45.2 Å². The molecule has 0 aliphatic rings. The van der Waals surface area contributed by atoms with Crippen LogP contribution < -0.4 is 10.9 Å². The Hall–Kier alpha value is -2.60. The van der Waals surface area contributed by atoms with Crippen molar-refractivity contribution in [2.75, 3.05) is 0 Å². The van der Waals surface area contributed by atoms with E-state index in [0.29, 0.717) is 11.1 Å². The number of nitrogens with zero attached hydrogens (tertiary/aromatic N) is 2. The molecular formula is C22H16I2N4O2. The third-order valence-corrected chi connectivity index (χ3v) is 5.21. The summed E-state index contributed by atoms with van der Waals surface area (Å²) in [5.74, 6) is -0.533. The van der Waals surface area contributed by atoms with Gasteiger partial charge in [0.25, 0.3) is 11.8 Å². The van der Waals surface area contributed by atoms with Gasteiger partial charge in [0.05, 0.1) is 12.4 Å². The Morgan fingerprint density at radius 2 is 1.07 bits per heavy atom. The maximum absolute atomic E-state index is 12.1. The van der Waals surface area contributed by atoms with E-state index in [0.717, 1.165) is 18.3 Å². The highest BCUT2D eigenvalue weighted by molar-refractivity contribution is 14.1. The van der Waals surface area contributed by atoms with Crippen molar-refractivity contribution in [1.29, 1.82) is 0 Å². The van der Waals surface area contributed by atoms with E-state index in [1.165, 1.54) is 0 Å². The summed E-state index contributed by atoms with van der Waals surface area (Å²) in [5, 5.41) is 7.97. The first-order valence-corrected chi connectivity index (χ1v) is 10.9. The molecule has 0 heterocycles. The van der Waals surface area contributed by atoms with Crippen molar-refractivity contribution >= 4 is 69.4 Å². The lowest BCUT2D eigenvalue weighted by Crippen LogP contribution is -2.17. The van der Waals surface area contributed by atoms with Gasteiger partial charge >= 0.3 is 0 Å². The number of hydrogen-bond donors (Lipinski definition) is 2. The molecule has 8 heteroatoms. The molecule has 2 N–H and O–H groups in total. The number of hydrazone groups is 2. The van der Waals surface area contributed by atoms with Gasteiger partial charge < -0.3 is 0 Å². The highest BCUT2D eigenvalue weighted by Gasteiger charge is 2.04. The fourth-order valence-electron chi connectivity index (χ4n) is 2.39. The molecule has 2 amide bonds. The van der Waals surface area contributed by atoms with Crippen LogP contribution in [0.1, 0.15) is 31.8 Å². The Balaban J connectivity index is 1.52. The third kappa shape index (κ3) is 6.73. The summed E-state index contributed by atoms with van der Waals surface area (Å²) in [6.07, 6.45) is 3.12. The second kappa shape index (κ2) is 11.0. The zero-order valence-corrected chi connectivity index (χ0v) is 19.9. The lowest BCUT2D eigenvalue weighted by atomic mass is 10.2. The van der Waals surface area contributed by atoms with E-state index in [9.17, 15) is 9.59 Å². The maximum Gasteiger partial charge on any atom is 0.271 e. The van der Waals surface area contributed by atoms with Crippen LogP contribution in [0.4, 0.5) is 0 Å². The molecule has 0 fully saturated rings. The second-order valence-corrected chi connectivity index (χ2v) is 8.58. The summed E-state index contributed by atoms with van der Waals surface area (Å²) < 4.78 is 1.97. The molecule has 0 aliphatic carbocycles. The van der Waals surface area contributed by atoms with Gasteiger partial charge in [0.1, 0.15) is 0 Å². The molecule has 3 aromatic rings. The van der Waals surface area contributed by atoms with E-state index in [-0.39, 0.29) is 11.8 Å². The molecule has 0 saturated heterocycles. The number of nitrogens with one attached hydrogen (secondary N) is 2. The molecule has 0 saturated carbocycles. The fourth-order valence-corrected chi connectivity index (χ4v) is 3.47. The Kier molecular flexibility index (Phi) is 8.08. The molecule has 0 atom stereocenters. The molecule has 0 radical (unpaired) electrons. The molecule has 3 rings (SSSR count). The van der Waals surface area contributed by atoms with Gasteiger partial charge in [0, 0.05) is 18.3 Å². The Labute approximate surface area is 201 Å². The summed E-state index contributed by atoms with van der Waals surface area (Å²) >= 11 is 4.31. The van der Waals surface area contributed by atoms with Crippen LogP contribution in [0.3, 0.4) is 0 Å². The highest BCUT2D eigenvalue weighted by Crippen LogP contribution is 2.08. The first-order valence-electron chi connectivity index (χ1n) is 8.79. The van der Waals surface area contributed by atoms with Gasteiger partial charge in [-0.25, -0.2) is 10.9 Å². The minimum absolute atomic E-state index is 0.266. The molecule has 0 unspecified atom stereocenters. The van der Waals surface area contributed by atoms with Crippen molar-refractivity contribution in [1.82, 2.24) is 10.9 Å². The van der Waals surface area contributed by atoms with Crippen molar-refractivity contribution in [3.05, 3.63) is 102 Å². The molecule has 150 valence electrons. The monoisotopic (exact) mass is 622 g/mol. The van der Waals surface area contributed by atoms with Crippen LogP contribution in [0, 0.1) is 7.14 Å². The van der Waals surface area contributed by atoms with Crippen LogP contribution in [-0.4, -0.2) is 24.2 Å². The minimum atomic E-state index is -0.266. The second-order valence-electron chi connectivity index (χ2n) is 6.09. The lowest BCUT2D eigenvalue weighted by molar-refractivity contribution is 0.0947. The summed E-state index contributed by atoms with van der Waals surface area (Å²) in [4.78, 5) is 24.1. The van der Waals surface area contributed by atoms with Crippen molar-refractivity contribution < 1.29 is 9.59 Å². The van der Waals surface area contributed by atoms with E-state index < -0.39 is 0 Å². The number of carbonyl (C=O) groups excluding carboxylic acids is 2. The summed E-state index contributed by atoms with van der Waals surface area (Å²) in [6.45, 7) is 0. The van der Waals surface area contributed by atoms with Crippen LogP contribution in [0.15, 0.2) is 83.0 Å². The smallest absolute Gasteiger partial charge is 0.267 e. The highest BCUT2D eigenvalue weighted by atomic mass is 127. The Morgan fingerprint density at radius 3 is 1.43 bits per heavy atom. The Morgan fingerprint density at radius 1 is 0.667 bits per heavy atom. The summed E-state index contributed by atoms with van der Waals surface area (Å²) in [5.41, 5.74) is 7.76. The first kappa shape index (κ1) is 22.1. The number of rotatable bonds is 6. The normalized spacial score (nSPS) is 11.0. The van der Waals surface area contributed by atoms with Crippen molar-refractivity contribution in [2.45, 2.75) is 0 Å². The van der Waals surface area contributed by atoms with Gasteiger partial charge in [0.2, 0.25) is 0 Å². The summed E-state index contributed by atoms with van der Waals surface area (Å²) in [7, 11) is 0. The molecule has 0 bridgehead atoms. The van der Waals surface area contributed by atoms with Gasteiger partial charge in [-0.2, -0.15) is 10.2 Å². The van der Waals surface area contributed by atoms with Gasteiger partial charge in [-0.15, -0.1) is 0 Å². The van der Waals surface area contributed by atoms with Crippen LogP contribution in [-0.2, 0) is 0 Å². The largest absolute Gasteiger partial charge is 0.271 e. The number of amides is 2. The maximum atomic E-state index is 12.1. The SMILES string of the molecule is O=C(N/N=C\c1ccc(/C=N\NC(=O)c2cccc(I)c2)cc1)c1cccc(I)c1. The van der Waals surface area contributed by atoms with E-state index in [1.807, 2.05) is 48.5 Å². The number of benzene rings is 3. The van der Waals surface area contributed by atoms with Gasteiger partial charge in [0.15, 0.2) is 0 Å². The zero-order chi connectivity index (χ0) is 21.3. The molecule has 0 aliphatic heterocycles. The first-order chi connectivity index (χ1) is 14.5. The molecule has 30 heavy (non-hydrogen) atoms. The molecule has 0 aromatic heterocycles. The molecule has 6 nitrogen and oxygen atoms in total.